The monoisotopic (exact) mass is 453 g/mol. The second-order valence-electron chi connectivity index (χ2n) is 6.54. The highest BCUT2D eigenvalue weighted by molar-refractivity contribution is 7.90. The highest BCUT2D eigenvalue weighted by Gasteiger charge is 2.18. The third kappa shape index (κ3) is 5.97. The molecule has 0 fully saturated rings. The number of ketones is 1. The van der Waals surface area contributed by atoms with Crippen molar-refractivity contribution < 1.29 is 18.0 Å². The van der Waals surface area contributed by atoms with E-state index in [0.29, 0.717) is 16.9 Å². The van der Waals surface area contributed by atoms with Crippen LogP contribution >= 0.6 is 12.2 Å². The van der Waals surface area contributed by atoms with Gasteiger partial charge in [-0.15, -0.1) is 0 Å². The Morgan fingerprint density at radius 1 is 0.774 bits per heavy atom. The quantitative estimate of drug-likeness (QED) is 0.385. The molecule has 3 aromatic rings. The summed E-state index contributed by atoms with van der Waals surface area (Å²) in [5, 5.41) is 6.18. The molecule has 7 nitrogen and oxygen atoms in total. The van der Waals surface area contributed by atoms with E-state index in [1.807, 2.05) is 4.72 Å². The van der Waals surface area contributed by atoms with Crippen LogP contribution in [0.3, 0.4) is 0 Å². The molecule has 0 aliphatic rings. The van der Waals surface area contributed by atoms with Crippen LogP contribution in [0.5, 0.6) is 0 Å². The lowest BCUT2D eigenvalue weighted by molar-refractivity contribution is 0.0979. The average molecular weight is 454 g/mol. The van der Waals surface area contributed by atoms with Crippen molar-refractivity contribution in [2.45, 2.75) is 11.8 Å². The molecule has 0 unspecified atom stereocenters. The summed E-state index contributed by atoms with van der Waals surface area (Å²) in [5.41, 5.74) is 2.00. The largest absolute Gasteiger partial charge is 0.332 e. The standard InChI is InChI=1S/C22H19N3O4S2/c1-15(26)17-8-5-9-19(14-17)24-22(30)23-18-10-12-20(13-11-18)31(28,29)25-21(27)16-6-3-2-4-7-16/h2-14H,1H3,(H,25,27)(H2,23,24,30). The van der Waals surface area contributed by atoms with E-state index >= 15 is 0 Å². The molecule has 0 aliphatic heterocycles. The predicted octanol–water partition coefficient (Wildman–Crippen LogP) is 3.82. The van der Waals surface area contributed by atoms with Gasteiger partial charge in [0.15, 0.2) is 10.9 Å². The van der Waals surface area contributed by atoms with Gasteiger partial charge in [0.1, 0.15) is 0 Å². The molecule has 0 bridgehead atoms. The van der Waals surface area contributed by atoms with Crippen molar-refractivity contribution in [1.82, 2.24) is 4.72 Å². The first-order valence-corrected chi connectivity index (χ1v) is 11.0. The smallest absolute Gasteiger partial charge is 0.264 e. The first-order chi connectivity index (χ1) is 14.7. The molecule has 9 heteroatoms. The van der Waals surface area contributed by atoms with E-state index in [2.05, 4.69) is 10.6 Å². The fraction of sp³-hybridized carbons (Fsp3) is 0.0455. The number of amides is 1. The lowest BCUT2D eigenvalue weighted by Gasteiger charge is -2.12. The molecular formula is C22H19N3O4S2. The van der Waals surface area contributed by atoms with Crippen LogP contribution in [-0.2, 0) is 10.0 Å². The summed E-state index contributed by atoms with van der Waals surface area (Å²) in [6.07, 6.45) is 0. The molecule has 1 amide bonds. The topological polar surface area (TPSA) is 104 Å². The van der Waals surface area contributed by atoms with E-state index < -0.39 is 15.9 Å². The molecule has 0 saturated heterocycles. The maximum atomic E-state index is 12.5. The Morgan fingerprint density at radius 3 is 2.03 bits per heavy atom. The van der Waals surface area contributed by atoms with Crippen molar-refractivity contribution in [3.05, 3.63) is 90.0 Å². The Kier molecular flexibility index (Phi) is 6.78. The summed E-state index contributed by atoms with van der Waals surface area (Å²) in [5.74, 6) is -0.764. The maximum Gasteiger partial charge on any atom is 0.264 e. The fourth-order valence-corrected chi connectivity index (χ4v) is 3.87. The number of carbonyl (C=O) groups excluding carboxylic acids is 2. The van der Waals surface area contributed by atoms with Crippen LogP contribution < -0.4 is 15.4 Å². The van der Waals surface area contributed by atoms with Crippen LogP contribution in [0.4, 0.5) is 11.4 Å². The number of Topliss-reactive ketones (excluding diaryl/α,β-unsaturated/α-hetero) is 1. The highest BCUT2D eigenvalue weighted by atomic mass is 32.2. The minimum atomic E-state index is -4.02. The minimum Gasteiger partial charge on any atom is -0.332 e. The zero-order valence-corrected chi connectivity index (χ0v) is 18.1. The van der Waals surface area contributed by atoms with Crippen molar-refractivity contribution in [3.63, 3.8) is 0 Å². The molecule has 3 N–H and O–H groups in total. The lowest BCUT2D eigenvalue weighted by Crippen LogP contribution is -2.30. The molecule has 0 spiro atoms. The van der Waals surface area contributed by atoms with Gasteiger partial charge in [0.25, 0.3) is 15.9 Å². The van der Waals surface area contributed by atoms with Crippen LogP contribution in [-0.4, -0.2) is 25.2 Å². The van der Waals surface area contributed by atoms with E-state index in [1.54, 1.807) is 42.5 Å². The minimum absolute atomic E-state index is 0.0568. The number of hydrogen-bond donors (Lipinski definition) is 3. The van der Waals surface area contributed by atoms with Crippen molar-refractivity contribution in [2.24, 2.45) is 0 Å². The second-order valence-corrected chi connectivity index (χ2v) is 8.63. The Balaban J connectivity index is 1.64. The van der Waals surface area contributed by atoms with E-state index in [1.165, 1.54) is 43.3 Å². The van der Waals surface area contributed by atoms with Gasteiger partial charge in [-0.3, -0.25) is 9.59 Å². The highest BCUT2D eigenvalue weighted by Crippen LogP contribution is 2.16. The summed E-state index contributed by atoms with van der Waals surface area (Å²) in [4.78, 5) is 23.6. The number of thiocarbonyl (C=S) groups is 1. The van der Waals surface area contributed by atoms with E-state index in [4.69, 9.17) is 12.2 Å². The molecule has 0 radical (unpaired) electrons. The lowest BCUT2D eigenvalue weighted by atomic mass is 10.1. The van der Waals surface area contributed by atoms with Gasteiger partial charge in [-0.05, 0) is 67.7 Å². The van der Waals surface area contributed by atoms with Gasteiger partial charge >= 0.3 is 0 Å². The number of nitrogens with one attached hydrogen (secondary N) is 3. The zero-order valence-electron chi connectivity index (χ0n) is 16.5. The van der Waals surface area contributed by atoms with Crippen LogP contribution in [0.1, 0.15) is 27.6 Å². The summed E-state index contributed by atoms with van der Waals surface area (Å²) >= 11 is 5.26. The van der Waals surface area contributed by atoms with Gasteiger partial charge in [0.05, 0.1) is 4.90 Å². The van der Waals surface area contributed by atoms with Gasteiger partial charge in [-0.1, -0.05) is 30.3 Å². The molecule has 0 heterocycles. The summed E-state index contributed by atoms with van der Waals surface area (Å²) in [6, 6.07) is 20.8. The molecule has 31 heavy (non-hydrogen) atoms. The van der Waals surface area contributed by atoms with Crippen molar-refractivity contribution in [2.75, 3.05) is 10.6 Å². The molecule has 0 aliphatic carbocycles. The van der Waals surface area contributed by atoms with Gasteiger partial charge in [0.2, 0.25) is 0 Å². The van der Waals surface area contributed by atoms with E-state index in [-0.39, 0.29) is 21.4 Å². The normalized spacial score (nSPS) is 10.7. The maximum absolute atomic E-state index is 12.5. The molecule has 0 atom stereocenters. The Morgan fingerprint density at radius 2 is 1.39 bits per heavy atom. The van der Waals surface area contributed by atoms with Crippen molar-refractivity contribution >= 4 is 50.4 Å². The number of hydrogen-bond acceptors (Lipinski definition) is 5. The third-order valence-electron chi connectivity index (χ3n) is 4.21. The van der Waals surface area contributed by atoms with Gasteiger partial charge in [0, 0.05) is 22.5 Å². The molecular weight excluding hydrogens is 434 g/mol. The molecule has 3 rings (SSSR count). The SMILES string of the molecule is CC(=O)c1cccc(NC(=S)Nc2ccc(S(=O)(=O)NC(=O)c3ccccc3)cc2)c1. The van der Waals surface area contributed by atoms with Crippen LogP contribution in [0.25, 0.3) is 0 Å². The average Bonchev–Trinajstić information content (AvgIpc) is 2.74. The summed E-state index contributed by atoms with van der Waals surface area (Å²) in [6.45, 7) is 1.48. The molecule has 0 aromatic heterocycles. The van der Waals surface area contributed by atoms with Crippen molar-refractivity contribution in [3.8, 4) is 0 Å². The molecule has 0 saturated carbocycles. The van der Waals surface area contributed by atoms with Crippen molar-refractivity contribution in [1.29, 1.82) is 0 Å². The van der Waals surface area contributed by atoms with E-state index in [0.717, 1.165) is 0 Å². The van der Waals surface area contributed by atoms with E-state index in [9.17, 15) is 18.0 Å². The Labute approximate surface area is 185 Å². The first kappa shape index (κ1) is 22.1. The fourth-order valence-electron chi connectivity index (χ4n) is 2.66. The summed E-state index contributed by atoms with van der Waals surface area (Å²) in [7, 11) is -4.02. The van der Waals surface area contributed by atoms with Gasteiger partial charge in [-0.2, -0.15) is 0 Å². The first-order valence-electron chi connectivity index (χ1n) is 9.16. The number of sulfonamides is 1. The summed E-state index contributed by atoms with van der Waals surface area (Å²) < 4.78 is 27.0. The van der Waals surface area contributed by atoms with Gasteiger partial charge < -0.3 is 10.6 Å². The number of rotatable bonds is 6. The number of anilines is 2. The Bertz CT molecular complexity index is 1230. The second kappa shape index (κ2) is 9.50. The zero-order chi connectivity index (χ0) is 22.4. The van der Waals surface area contributed by atoms with Crippen LogP contribution in [0.2, 0.25) is 0 Å². The molecule has 158 valence electrons. The van der Waals surface area contributed by atoms with Crippen LogP contribution in [0.15, 0.2) is 83.8 Å². The predicted molar refractivity (Wildman–Crippen MR) is 124 cm³/mol. The van der Waals surface area contributed by atoms with Gasteiger partial charge in [-0.25, -0.2) is 13.1 Å². The molecule has 3 aromatic carbocycles. The Hall–Kier alpha value is -3.56. The van der Waals surface area contributed by atoms with Crippen LogP contribution in [0, 0.1) is 0 Å². The number of benzene rings is 3. The third-order valence-corrected chi connectivity index (χ3v) is 5.76. The number of carbonyl (C=O) groups is 2.